The molecule has 0 atom stereocenters. The van der Waals surface area contributed by atoms with Gasteiger partial charge in [0.25, 0.3) is 0 Å². The molecule has 0 saturated carbocycles. The molecule has 0 aliphatic heterocycles. The lowest BCUT2D eigenvalue weighted by atomic mass is 10.0. The molecule has 0 fully saturated rings. The highest BCUT2D eigenvalue weighted by Gasteiger charge is 2.08. The van der Waals surface area contributed by atoms with Gasteiger partial charge in [-0.15, -0.1) is 0 Å². The van der Waals surface area contributed by atoms with Gasteiger partial charge in [0.05, 0.1) is 5.69 Å². The van der Waals surface area contributed by atoms with Gasteiger partial charge in [0.2, 0.25) is 0 Å². The third-order valence-corrected chi connectivity index (χ3v) is 2.75. The van der Waals surface area contributed by atoms with Crippen LogP contribution in [-0.4, -0.2) is 14.9 Å². The second kappa shape index (κ2) is 3.42. The Labute approximate surface area is 89.0 Å². The average Bonchev–Trinajstić information content (AvgIpc) is 2.61. The Morgan fingerprint density at radius 3 is 2.47 bits per heavy atom. The van der Waals surface area contributed by atoms with E-state index in [1.54, 1.807) is 10.7 Å². The molecule has 0 unspecified atom stereocenters. The summed E-state index contributed by atoms with van der Waals surface area (Å²) < 4.78 is 1.77. The predicted molar refractivity (Wildman–Crippen MR) is 59.8 cm³/mol. The number of hydrogen-bond donors (Lipinski definition) is 1. The zero-order chi connectivity index (χ0) is 11.0. The monoisotopic (exact) mass is 202 g/mol. The van der Waals surface area contributed by atoms with Crippen LogP contribution < -0.4 is 0 Å². The van der Waals surface area contributed by atoms with E-state index in [4.69, 9.17) is 0 Å². The number of rotatable bonds is 1. The van der Waals surface area contributed by atoms with E-state index in [2.05, 4.69) is 5.10 Å². The van der Waals surface area contributed by atoms with Crippen LogP contribution in [0, 0.1) is 13.8 Å². The number of hydrogen-bond acceptors (Lipinski definition) is 2. The third-order valence-electron chi connectivity index (χ3n) is 2.75. The van der Waals surface area contributed by atoms with Crippen LogP contribution in [0.15, 0.2) is 24.4 Å². The third kappa shape index (κ3) is 1.61. The first-order chi connectivity index (χ1) is 7.09. The molecule has 0 radical (unpaired) electrons. The van der Waals surface area contributed by atoms with Gasteiger partial charge in [0, 0.05) is 18.8 Å². The van der Waals surface area contributed by atoms with E-state index in [0.717, 1.165) is 22.4 Å². The summed E-state index contributed by atoms with van der Waals surface area (Å²) in [6, 6.07) is 5.59. The summed E-state index contributed by atoms with van der Waals surface area (Å²) in [6.45, 7) is 3.91. The van der Waals surface area contributed by atoms with Crippen molar-refractivity contribution in [3.8, 4) is 17.0 Å². The Balaban J connectivity index is 2.59. The number of phenols is 1. The van der Waals surface area contributed by atoms with Crippen LogP contribution in [0.3, 0.4) is 0 Å². The van der Waals surface area contributed by atoms with E-state index < -0.39 is 0 Å². The van der Waals surface area contributed by atoms with Crippen molar-refractivity contribution >= 4 is 0 Å². The molecule has 2 rings (SSSR count). The van der Waals surface area contributed by atoms with Gasteiger partial charge in [0.15, 0.2) is 0 Å². The van der Waals surface area contributed by atoms with Crippen LogP contribution in [-0.2, 0) is 7.05 Å². The molecular formula is C12H14N2O. The molecule has 0 aliphatic carbocycles. The molecule has 2 aromatic rings. The molecule has 3 nitrogen and oxygen atoms in total. The lowest BCUT2D eigenvalue weighted by molar-refractivity contribution is 0.470. The predicted octanol–water partition coefficient (Wildman–Crippen LogP) is 2.41. The lowest BCUT2D eigenvalue weighted by Crippen LogP contribution is -1.91. The molecule has 0 bridgehead atoms. The zero-order valence-electron chi connectivity index (χ0n) is 9.15. The van der Waals surface area contributed by atoms with E-state index in [1.165, 1.54) is 0 Å². The fourth-order valence-corrected chi connectivity index (χ4v) is 1.64. The van der Waals surface area contributed by atoms with Crippen molar-refractivity contribution < 1.29 is 5.11 Å². The first-order valence-corrected chi connectivity index (χ1v) is 4.89. The van der Waals surface area contributed by atoms with Gasteiger partial charge >= 0.3 is 0 Å². The average molecular weight is 202 g/mol. The van der Waals surface area contributed by atoms with E-state index in [1.807, 2.05) is 39.2 Å². The van der Waals surface area contributed by atoms with Crippen LogP contribution in [0.5, 0.6) is 5.75 Å². The van der Waals surface area contributed by atoms with Crippen LogP contribution in [0.4, 0.5) is 0 Å². The number of aryl methyl sites for hydroxylation is 1. The van der Waals surface area contributed by atoms with Gasteiger partial charge in [-0.3, -0.25) is 4.68 Å². The van der Waals surface area contributed by atoms with Gasteiger partial charge in [-0.25, -0.2) is 0 Å². The minimum absolute atomic E-state index is 0.340. The second-order valence-corrected chi connectivity index (χ2v) is 3.76. The fourth-order valence-electron chi connectivity index (χ4n) is 1.64. The summed E-state index contributed by atoms with van der Waals surface area (Å²) in [5, 5.41) is 13.9. The summed E-state index contributed by atoms with van der Waals surface area (Å²) in [6.07, 6.45) is 1.91. The normalized spacial score (nSPS) is 10.6. The number of aromatic nitrogens is 2. The van der Waals surface area contributed by atoms with E-state index in [0.29, 0.717) is 5.75 Å². The van der Waals surface area contributed by atoms with Crippen molar-refractivity contribution in [3.05, 3.63) is 35.5 Å². The van der Waals surface area contributed by atoms with Crippen molar-refractivity contribution in [1.29, 1.82) is 0 Å². The number of benzene rings is 1. The van der Waals surface area contributed by atoms with Crippen molar-refractivity contribution in [1.82, 2.24) is 9.78 Å². The molecule has 0 spiro atoms. The molecule has 3 heteroatoms. The maximum atomic E-state index is 9.55. The largest absolute Gasteiger partial charge is 0.508 e. The summed E-state index contributed by atoms with van der Waals surface area (Å²) in [5.74, 6) is 0.340. The molecule has 1 aromatic heterocycles. The Morgan fingerprint density at radius 1 is 1.13 bits per heavy atom. The molecule has 1 aromatic carbocycles. The molecule has 1 heterocycles. The minimum atomic E-state index is 0.340. The second-order valence-electron chi connectivity index (χ2n) is 3.76. The molecule has 15 heavy (non-hydrogen) atoms. The first kappa shape index (κ1) is 9.77. The Morgan fingerprint density at radius 2 is 1.87 bits per heavy atom. The maximum Gasteiger partial charge on any atom is 0.118 e. The van der Waals surface area contributed by atoms with Gasteiger partial charge in [-0.05, 0) is 43.2 Å². The molecule has 0 saturated heterocycles. The Kier molecular flexibility index (Phi) is 2.23. The quantitative estimate of drug-likeness (QED) is 0.771. The molecular weight excluding hydrogens is 188 g/mol. The van der Waals surface area contributed by atoms with E-state index >= 15 is 0 Å². The molecule has 0 aliphatic rings. The fraction of sp³-hybridized carbons (Fsp3) is 0.250. The highest BCUT2D eigenvalue weighted by atomic mass is 16.3. The van der Waals surface area contributed by atoms with Crippen molar-refractivity contribution in [2.75, 3.05) is 0 Å². The topological polar surface area (TPSA) is 38.0 Å². The molecule has 78 valence electrons. The highest BCUT2D eigenvalue weighted by molar-refractivity contribution is 5.66. The highest BCUT2D eigenvalue weighted by Crippen LogP contribution is 2.29. The first-order valence-electron chi connectivity index (χ1n) is 4.89. The summed E-state index contributed by atoms with van der Waals surface area (Å²) in [7, 11) is 1.89. The number of nitrogens with zero attached hydrogens (tertiary/aromatic N) is 2. The SMILES string of the molecule is Cc1c(O)ccc(-c2ccn(C)n2)c1C. The van der Waals surface area contributed by atoms with Crippen LogP contribution in [0.1, 0.15) is 11.1 Å². The number of phenolic OH excluding ortho intramolecular Hbond substituents is 1. The lowest BCUT2D eigenvalue weighted by Gasteiger charge is -2.07. The van der Waals surface area contributed by atoms with E-state index in [-0.39, 0.29) is 0 Å². The number of aromatic hydroxyl groups is 1. The molecule has 1 N–H and O–H groups in total. The zero-order valence-corrected chi connectivity index (χ0v) is 9.15. The van der Waals surface area contributed by atoms with E-state index in [9.17, 15) is 5.11 Å². The van der Waals surface area contributed by atoms with Gasteiger partial charge in [0.1, 0.15) is 5.75 Å². The smallest absolute Gasteiger partial charge is 0.118 e. The van der Waals surface area contributed by atoms with Crippen LogP contribution >= 0.6 is 0 Å². The summed E-state index contributed by atoms with van der Waals surface area (Å²) in [5.41, 5.74) is 4.01. The van der Waals surface area contributed by atoms with Crippen molar-refractivity contribution in [3.63, 3.8) is 0 Å². The van der Waals surface area contributed by atoms with Crippen molar-refractivity contribution in [2.45, 2.75) is 13.8 Å². The molecule has 0 amide bonds. The Hall–Kier alpha value is -1.77. The van der Waals surface area contributed by atoms with Gasteiger partial charge in [-0.2, -0.15) is 5.10 Å². The standard InChI is InChI=1S/C12H14N2O/c1-8-9(2)12(15)5-4-10(8)11-6-7-14(3)13-11/h4-7,15H,1-3H3. The van der Waals surface area contributed by atoms with Gasteiger partial charge in [-0.1, -0.05) is 0 Å². The van der Waals surface area contributed by atoms with Crippen LogP contribution in [0.25, 0.3) is 11.3 Å². The summed E-state index contributed by atoms with van der Waals surface area (Å²) in [4.78, 5) is 0. The summed E-state index contributed by atoms with van der Waals surface area (Å²) >= 11 is 0. The van der Waals surface area contributed by atoms with Crippen molar-refractivity contribution in [2.24, 2.45) is 7.05 Å². The maximum absolute atomic E-state index is 9.55. The van der Waals surface area contributed by atoms with Crippen LogP contribution in [0.2, 0.25) is 0 Å². The Bertz CT molecular complexity index is 500. The van der Waals surface area contributed by atoms with Gasteiger partial charge < -0.3 is 5.11 Å². The minimum Gasteiger partial charge on any atom is -0.508 e.